The predicted octanol–water partition coefficient (Wildman–Crippen LogP) is 0.865. The maximum absolute atomic E-state index is 12.9. The number of ether oxygens (including phenoxy) is 2. The summed E-state index contributed by atoms with van der Waals surface area (Å²) in [5.74, 6) is 0.931. The second-order valence-electron chi connectivity index (χ2n) is 8.29. The summed E-state index contributed by atoms with van der Waals surface area (Å²) in [5.41, 5.74) is 0.187. The zero-order valence-electron chi connectivity index (χ0n) is 17.6. The molecule has 2 aliphatic heterocycles. The Bertz CT molecular complexity index is 856. The lowest BCUT2D eigenvalue weighted by atomic mass is 10.2. The summed E-state index contributed by atoms with van der Waals surface area (Å²) in [4.78, 5) is 24.2. The third-order valence-electron chi connectivity index (χ3n) is 4.83. The first-order chi connectivity index (χ1) is 13.5. The summed E-state index contributed by atoms with van der Waals surface area (Å²) in [5, 5.41) is -0.509. The van der Waals surface area contributed by atoms with Crippen molar-refractivity contribution in [3.63, 3.8) is 0 Å². The van der Waals surface area contributed by atoms with Gasteiger partial charge in [0.05, 0.1) is 7.11 Å². The Morgan fingerprint density at radius 2 is 1.76 bits per heavy atom. The zero-order valence-corrected chi connectivity index (χ0v) is 18.4. The lowest BCUT2D eigenvalue weighted by Gasteiger charge is -2.42. The maximum atomic E-state index is 12.9. The number of piperazine rings is 1. The highest BCUT2D eigenvalue weighted by molar-refractivity contribution is 7.89. The number of amides is 1. The van der Waals surface area contributed by atoms with Crippen LogP contribution in [0.1, 0.15) is 26.5 Å². The minimum absolute atomic E-state index is 0.271. The molecule has 1 aromatic heterocycles. The molecular weight excluding hydrogens is 398 g/mol. The molecule has 0 N–H and O–H groups in total. The monoisotopic (exact) mass is 427 g/mol. The van der Waals surface area contributed by atoms with Crippen molar-refractivity contribution in [3.8, 4) is 5.88 Å². The molecule has 162 valence electrons. The second-order valence-corrected chi connectivity index (χ2v) is 10.5. The van der Waals surface area contributed by atoms with Crippen molar-refractivity contribution in [2.24, 2.45) is 0 Å². The van der Waals surface area contributed by atoms with Crippen molar-refractivity contribution in [1.29, 1.82) is 0 Å². The second kappa shape index (κ2) is 7.94. The van der Waals surface area contributed by atoms with Gasteiger partial charge in [0.2, 0.25) is 21.9 Å². The molecule has 0 radical (unpaired) electrons. The average molecular weight is 428 g/mol. The molecule has 0 saturated carbocycles. The van der Waals surface area contributed by atoms with E-state index in [-0.39, 0.29) is 13.1 Å². The van der Waals surface area contributed by atoms with E-state index in [0.29, 0.717) is 38.0 Å². The number of hydrogen-bond donors (Lipinski definition) is 0. The number of carbonyl (C=O) groups excluding carboxylic acids is 1. The fraction of sp³-hybridized carbons (Fsp3) is 0.722. The Labute approximate surface area is 171 Å². The Hall–Kier alpha value is -2.14. The molecule has 10 nitrogen and oxygen atoms in total. The topological polar surface area (TPSA) is 105 Å². The molecule has 29 heavy (non-hydrogen) atoms. The molecule has 0 aromatic carbocycles. The smallest absolute Gasteiger partial charge is 0.410 e. The molecule has 0 unspecified atom stereocenters. The summed E-state index contributed by atoms with van der Waals surface area (Å²) in [6.45, 7) is 9.12. The first-order valence-corrected chi connectivity index (χ1v) is 11.1. The number of aryl methyl sites for hydroxylation is 1. The number of nitrogens with zero attached hydrogens (tertiary/aromatic N) is 5. The third-order valence-corrected chi connectivity index (χ3v) is 7.06. The van der Waals surface area contributed by atoms with Crippen molar-refractivity contribution in [2.45, 2.75) is 38.5 Å². The maximum Gasteiger partial charge on any atom is 0.410 e. The summed E-state index contributed by atoms with van der Waals surface area (Å²) in [6.07, 6.45) is -0.407. The highest BCUT2D eigenvalue weighted by Crippen LogP contribution is 2.26. The van der Waals surface area contributed by atoms with Crippen LogP contribution in [-0.2, 0) is 14.8 Å². The van der Waals surface area contributed by atoms with E-state index in [2.05, 4.69) is 9.97 Å². The van der Waals surface area contributed by atoms with Gasteiger partial charge < -0.3 is 19.3 Å². The van der Waals surface area contributed by atoms with Gasteiger partial charge in [-0.3, -0.25) is 0 Å². The van der Waals surface area contributed by atoms with Crippen LogP contribution in [0.15, 0.2) is 6.07 Å². The number of anilines is 1. The standard InChI is InChI=1S/C18H29N5O5S/c1-13-10-15(27-5)20-16(19-13)22-11-14(12-22)29(25,26)23-8-6-21(7-9-23)17(24)28-18(2,3)4/h10,14H,6-9,11-12H2,1-5H3. The van der Waals surface area contributed by atoms with Crippen LogP contribution in [0.3, 0.4) is 0 Å². The van der Waals surface area contributed by atoms with Crippen molar-refractivity contribution >= 4 is 22.1 Å². The fourth-order valence-electron chi connectivity index (χ4n) is 3.22. The van der Waals surface area contributed by atoms with Gasteiger partial charge in [-0.2, -0.15) is 9.29 Å². The van der Waals surface area contributed by atoms with E-state index in [0.717, 1.165) is 5.69 Å². The normalized spacial score (nSPS) is 19.1. The van der Waals surface area contributed by atoms with Crippen LogP contribution in [0.2, 0.25) is 0 Å². The van der Waals surface area contributed by atoms with E-state index < -0.39 is 27.0 Å². The zero-order chi connectivity index (χ0) is 21.4. The van der Waals surface area contributed by atoms with E-state index in [1.54, 1.807) is 11.0 Å². The van der Waals surface area contributed by atoms with E-state index in [9.17, 15) is 13.2 Å². The highest BCUT2D eigenvalue weighted by Gasteiger charge is 2.43. The molecule has 1 amide bonds. The van der Waals surface area contributed by atoms with E-state index in [4.69, 9.17) is 9.47 Å². The van der Waals surface area contributed by atoms with Gasteiger partial charge in [-0.25, -0.2) is 18.2 Å². The Morgan fingerprint density at radius 1 is 1.14 bits per heavy atom. The van der Waals surface area contributed by atoms with Crippen LogP contribution in [0.5, 0.6) is 5.88 Å². The summed E-state index contributed by atoms with van der Waals surface area (Å²) < 4.78 is 37.9. The van der Waals surface area contributed by atoms with Gasteiger partial charge in [0.15, 0.2) is 0 Å². The van der Waals surface area contributed by atoms with Crippen LogP contribution in [0, 0.1) is 6.92 Å². The third kappa shape index (κ3) is 4.89. The summed E-state index contributed by atoms with van der Waals surface area (Å²) in [6, 6.07) is 1.72. The van der Waals surface area contributed by atoms with Crippen LogP contribution in [0.25, 0.3) is 0 Å². The molecule has 0 bridgehead atoms. The van der Waals surface area contributed by atoms with Crippen molar-refractivity contribution in [1.82, 2.24) is 19.2 Å². The van der Waals surface area contributed by atoms with Crippen molar-refractivity contribution < 1.29 is 22.7 Å². The first kappa shape index (κ1) is 21.6. The van der Waals surface area contributed by atoms with Crippen LogP contribution in [0.4, 0.5) is 10.7 Å². The highest BCUT2D eigenvalue weighted by atomic mass is 32.2. The molecule has 2 fully saturated rings. The fourth-order valence-corrected chi connectivity index (χ4v) is 5.05. The molecule has 11 heteroatoms. The minimum Gasteiger partial charge on any atom is -0.481 e. The van der Waals surface area contributed by atoms with Gasteiger partial charge in [0, 0.05) is 51.0 Å². The quantitative estimate of drug-likeness (QED) is 0.697. The molecule has 0 aliphatic carbocycles. The Balaban J connectivity index is 1.55. The number of carbonyl (C=O) groups is 1. The average Bonchev–Trinajstić information content (AvgIpc) is 2.58. The predicted molar refractivity (Wildman–Crippen MR) is 108 cm³/mol. The number of aromatic nitrogens is 2. The van der Waals surface area contributed by atoms with Gasteiger partial charge >= 0.3 is 6.09 Å². The number of hydrogen-bond acceptors (Lipinski definition) is 8. The van der Waals surface area contributed by atoms with Crippen LogP contribution < -0.4 is 9.64 Å². The van der Waals surface area contributed by atoms with Gasteiger partial charge in [0.1, 0.15) is 10.9 Å². The molecule has 2 aliphatic rings. The summed E-state index contributed by atoms with van der Waals surface area (Å²) >= 11 is 0. The van der Waals surface area contributed by atoms with E-state index >= 15 is 0 Å². The number of sulfonamides is 1. The van der Waals surface area contributed by atoms with E-state index in [1.165, 1.54) is 11.4 Å². The number of methoxy groups -OCH3 is 1. The van der Waals surface area contributed by atoms with Gasteiger partial charge in [-0.1, -0.05) is 0 Å². The molecule has 0 spiro atoms. The lowest BCUT2D eigenvalue weighted by molar-refractivity contribution is 0.0192. The van der Waals surface area contributed by atoms with E-state index in [1.807, 2.05) is 32.6 Å². The molecule has 1 aromatic rings. The Morgan fingerprint density at radius 3 is 2.31 bits per heavy atom. The van der Waals surface area contributed by atoms with Crippen molar-refractivity contribution in [2.75, 3.05) is 51.3 Å². The Kier molecular flexibility index (Phi) is 5.91. The summed E-state index contributed by atoms with van der Waals surface area (Å²) in [7, 11) is -1.92. The first-order valence-electron chi connectivity index (χ1n) is 9.61. The molecule has 3 heterocycles. The van der Waals surface area contributed by atoms with Crippen LogP contribution in [-0.4, -0.2) is 90.9 Å². The number of rotatable bonds is 4. The molecule has 0 atom stereocenters. The molecule has 2 saturated heterocycles. The van der Waals surface area contributed by atoms with Gasteiger partial charge in [0.25, 0.3) is 0 Å². The van der Waals surface area contributed by atoms with Crippen LogP contribution >= 0.6 is 0 Å². The van der Waals surface area contributed by atoms with Gasteiger partial charge in [-0.15, -0.1) is 0 Å². The SMILES string of the molecule is COc1cc(C)nc(N2CC(S(=O)(=O)N3CCN(C(=O)OC(C)(C)C)CC3)C2)n1. The molecular formula is C18H29N5O5S. The molecule has 3 rings (SSSR count). The largest absolute Gasteiger partial charge is 0.481 e. The van der Waals surface area contributed by atoms with Gasteiger partial charge in [-0.05, 0) is 27.7 Å². The van der Waals surface area contributed by atoms with Crippen molar-refractivity contribution in [3.05, 3.63) is 11.8 Å². The minimum atomic E-state index is -3.45. The lowest BCUT2D eigenvalue weighted by Crippen LogP contribution is -2.61.